The number of hydrogen-bond donors (Lipinski definition) is 0. The molecular weight excluding hydrogens is 361 g/mol. The maximum atomic E-state index is 14.0. The molecule has 1 aliphatic rings. The van der Waals surface area contributed by atoms with Crippen LogP contribution in [0.5, 0.6) is 0 Å². The maximum absolute atomic E-state index is 14.0. The van der Waals surface area contributed by atoms with E-state index >= 15 is 0 Å². The molecule has 6 heteroatoms. The zero-order valence-corrected chi connectivity index (χ0v) is 15.4. The third-order valence-corrected chi connectivity index (χ3v) is 6.89. The monoisotopic (exact) mass is 381 g/mol. The normalized spacial score (nSPS) is 19.0. The highest BCUT2D eigenvalue weighted by atomic mass is 35.5. The first kappa shape index (κ1) is 18.4. The number of sulfonamides is 1. The van der Waals surface area contributed by atoms with Gasteiger partial charge in [0.2, 0.25) is 10.0 Å². The number of benzene rings is 2. The van der Waals surface area contributed by atoms with Crippen molar-refractivity contribution in [2.24, 2.45) is 0 Å². The molecule has 3 rings (SSSR count). The molecule has 0 radical (unpaired) electrons. The van der Waals surface area contributed by atoms with Crippen molar-refractivity contribution in [1.82, 2.24) is 4.31 Å². The predicted molar refractivity (Wildman–Crippen MR) is 97.7 cm³/mol. The van der Waals surface area contributed by atoms with Crippen LogP contribution < -0.4 is 0 Å². The second-order valence-corrected chi connectivity index (χ2v) is 8.68. The van der Waals surface area contributed by atoms with Gasteiger partial charge >= 0.3 is 0 Å². The lowest BCUT2D eigenvalue weighted by atomic mass is 9.98. The summed E-state index contributed by atoms with van der Waals surface area (Å²) in [6.07, 6.45) is 3.76. The van der Waals surface area contributed by atoms with Gasteiger partial charge in [-0.1, -0.05) is 42.3 Å². The Labute approximate surface area is 153 Å². The molecule has 1 aliphatic heterocycles. The highest BCUT2D eigenvalue weighted by Gasteiger charge is 2.33. The van der Waals surface area contributed by atoms with E-state index in [2.05, 4.69) is 0 Å². The average Bonchev–Trinajstić information content (AvgIpc) is 2.62. The molecular formula is C19H21ClFNO2S. The second kappa shape index (κ2) is 7.85. The number of aryl methyl sites for hydroxylation is 1. The molecule has 1 saturated heterocycles. The Morgan fingerprint density at radius 2 is 1.88 bits per heavy atom. The Morgan fingerprint density at radius 3 is 2.60 bits per heavy atom. The summed E-state index contributed by atoms with van der Waals surface area (Å²) in [7, 11) is -3.51. The first-order valence-electron chi connectivity index (χ1n) is 8.49. The van der Waals surface area contributed by atoms with E-state index in [-0.39, 0.29) is 11.9 Å². The molecule has 1 fully saturated rings. The fraction of sp³-hybridized carbons (Fsp3) is 0.368. The van der Waals surface area contributed by atoms with E-state index in [9.17, 15) is 12.8 Å². The van der Waals surface area contributed by atoms with Crippen molar-refractivity contribution in [3.05, 3.63) is 64.9 Å². The zero-order valence-electron chi connectivity index (χ0n) is 13.9. The van der Waals surface area contributed by atoms with Gasteiger partial charge in [0.15, 0.2) is 0 Å². The van der Waals surface area contributed by atoms with E-state index in [0.717, 1.165) is 19.3 Å². The topological polar surface area (TPSA) is 37.4 Å². The summed E-state index contributed by atoms with van der Waals surface area (Å²) in [5, 5.41) is 0.368. The number of nitrogens with zero attached hydrogens (tertiary/aromatic N) is 1. The first-order valence-corrected chi connectivity index (χ1v) is 10.3. The maximum Gasteiger partial charge on any atom is 0.243 e. The van der Waals surface area contributed by atoms with Crippen molar-refractivity contribution in [2.45, 2.75) is 43.0 Å². The average molecular weight is 382 g/mol. The molecule has 2 aromatic carbocycles. The molecule has 0 saturated carbocycles. The van der Waals surface area contributed by atoms with Gasteiger partial charge in [0.25, 0.3) is 0 Å². The molecule has 2 aromatic rings. The van der Waals surface area contributed by atoms with Crippen LogP contribution in [0.3, 0.4) is 0 Å². The van der Waals surface area contributed by atoms with Gasteiger partial charge in [-0.05, 0) is 55.5 Å². The van der Waals surface area contributed by atoms with Crippen LogP contribution in [0, 0.1) is 5.82 Å². The van der Waals surface area contributed by atoms with E-state index < -0.39 is 10.0 Å². The summed E-state index contributed by atoms with van der Waals surface area (Å²) < 4.78 is 41.5. The highest BCUT2D eigenvalue weighted by Crippen LogP contribution is 2.28. The van der Waals surface area contributed by atoms with Crippen LogP contribution in [0.15, 0.2) is 53.4 Å². The standard InChI is InChI=1S/C19H21ClFNO2S/c20-16-11-9-15(19(21)14-16)10-12-17-6-4-5-13-22(17)25(23,24)18-7-2-1-3-8-18/h1-3,7-9,11,14,17H,4-6,10,12-13H2. The van der Waals surface area contributed by atoms with Gasteiger partial charge in [-0.15, -0.1) is 0 Å². The molecule has 1 atom stereocenters. The van der Waals surface area contributed by atoms with Crippen LogP contribution in [0.1, 0.15) is 31.2 Å². The quantitative estimate of drug-likeness (QED) is 0.755. The third kappa shape index (κ3) is 4.22. The molecule has 0 aromatic heterocycles. The molecule has 0 spiro atoms. The Balaban J connectivity index is 1.77. The Morgan fingerprint density at radius 1 is 1.12 bits per heavy atom. The van der Waals surface area contributed by atoms with Gasteiger partial charge in [-0.2, -0.15) is 4.31 Å². The minimum Gasteiger partial charge on any atom is -0.207 e. The minimum atomic E-state index is -3.51. The SMILES string of the molecule is O=S(=O)(c1ccccc1)N1CCCCC1CCc1ccc(Cl)cc1F. The lowest BCUT2D eigenvalue weighted by Gasteiger charge is -2.34. The van der Waals surface area contributed by atoms with Gasteiger partial charge in [0.05, 0.1) is 4.90 Å². The molecule has 134 valence electrons. The molecule has 0 aliphatic carbocycles. The lowest BCUT2D eigenvalue weighted by molar-refractivity contribution is 0.240. The summed E-state index contributed by atoms with van der Waals surface area (Å²) in [4.78, 5) is 0.319. The van der Waals surface area contributed by atoms with E-state index in [1.165, 1.54) is 6.07 Å². The number of piperidine rings is 1. The third-order valence-electron chi connectivity index (χ3n) is 4.68. The lowest BCUT2D eigenvalue weighted by Crippen LogP contribution is -2.43. The summed E-state index contributed by atoms with van der Waals surface area (Å²) in [6.45, 7) is 0.519. The summed E-state index contributed by atoms with van der Waals surface area (Å²) in [5.74, 6) is -0.333. The molecule has 0 N–H and O–H groups in total. The van der Waals surface area contributed by atoms with Crippen molar-refractivity contribution < 1.29 is 12.8 Å². The predicted octanol–water partition coefficient (Wildman–Crippen LogP) is 4.66. The van der Waals surface area contributed by atoms with Gasteiger partial charge in [-0.25, -0.2) is 12.8 Å². The van der Waals surface area contributed by atoms with Gasteiger partial charge < -0.3 is 0 Å². The highest BCUT2D eigenvalue weighted by molar-refractivity contribution is 7.89. The van der Waals surface area contributed by atoms with Crippen LogP contribution in [0.4, 0.5) is 4.39 Å². The van der Waals surface area contributed by atoms with Crippen LogP contribution in [0.25, 0.3) is 0 Å². The van der Waals surface area contributed by atoms with Crippen molar-refractivity contribution in [3.8, 4) is 0 Å². The van der Waals surface area contributed by atoms with E-state index in [0.29, 0.717) is 34.9 Å². The number of hydrogen-bond acceptors (Lipinski definition) is 2. The van der Waals surface area contributed by atoms with Gasteiger partial charge in [0.1, 0.15) is 5.82 Å². The summed E-state index contributed by atoms with van der Waals surface area (Å²) in [6, 6.07) is 13.1. The van der Waals surface area contributed by atoms with Crippen LogP contribution >= 0.6 is 11.6 Å². The summed E-state index contributed by atoms with van der Waals surface area (Å²) >= 11 is 5.79. The van der Waals surface area contributed by atoms with Gasteiger partial charge in [-0.3, -0.25) is 0 Å². The summed E-state index contributed by atoms with van der Waals surface area (Å²) in [5.41, 5.74) is 0.576. The van der Waals surface area contributed by atoms with E-state index in [1.54, 1.807) is 46.8 Å². The van der Waals surface area contributed by atoms with Crippen molar-refractivity contribution in [3.63, 3.8) is 0 Å². The largest absolute Gasteiger partial charge is 0.243 e. The smallest absolute Gasteiger partial charge is 0.207 e. The molecule has 0 amide bonds. The molecule has 1 heterocycles. The second-order valence-electron chi connectivity index (χ2n) is 6.35. The van der Waals surface area contributed by atoms with Crippen molar-refractivity contribution in [1.29, 1.82) is 0 Å². The van der Waals surface area contributed by atoms with Crippen molar-refractivity contribution in [2.75, 3.05) is 6.54 Å². The van der Waals surface area contributed by atoms with Crippen LogP contribution in [0.2, 0.25) is 5.02 Å². The molecule has 3 nitrogen and oxygen atoms in total. The van der Waals surface area contributed by atoms with Gasteiger partial charge in [0, 0.05) is 17.6 Å². The van der Waals surface area contributed by atoms with E-state index in [1.807, 2.05) is 0 Å². The molecule has 0 bridgehead atoms. The Kier molecular flexibility index (Phi) is 5.77. The Bertz CT molecular complexity index is 827. The fourth-order valence-electron chi connectivity index (χ4n) is 3.35. The number of halogens is 2. The number of rotatable bonds is 5. The fourth-order valence-corrected chi connectivity index (χ4v) is 5.26. The molecule has 25 heavy (non-hydrogen) atoms. The van der Waals surface area contributed by atoms with Crippen molar-refractivity contribution >= 4 is 21.6 Å². The minimum absolute atomic E-state index is 0.103. The zero-order chi connectivity index (χ0) is 17.9. The van der Waals surface area contributed by atoms with E-state index in [4.69, 9.17) is 11.6 Å². The Hall–Kier alpha value is -1.43. The van der Waals surface area contributed by atoms with Crippen LogP contribution in [-0.2, 0) is 16.4 Å². The van der Waals surface area contributed by atoms with Crippen LogP contribution in [-0.4, -0.2) is 25.3 Å². The first-order chi connectivity index (χ1) is 12.0. The molecule has 1 unspecified atom stereocenters.